The molecule has 0 unspecified atom stereocenters. The number of carbonyl (C=O) groups excluding carboxylic acids is 2. The minimum absolute atomic E-state index is 0.112. The molecule has 2 amide bonds. The molecule has 0 radical (unpaired) electrons. The van der Waals surface area contributed by atoms with E-state index in [1.165, 1.54) is 0 Å². The summed E-state index contributed by atoms with van der Waals surface area (Å²) in [7, 11) is -5.38. The molecule has 2 saturated carbocycles. The number of benzene rings is 2. The van der Waals surface area contributed by atoms with Crippen LogP contribution in [0.5, 0.6) is 0 Å². The van der Waals surface area contributed by atoms with Gasteiger partial charge in [0.05, 0.1) is 41.8 Å². The Morgan fingerprint density at radius 2 is 1.01 bits per heavy atom. The van der Waals surface area contributed by atoms with Crippen molar-refractivity contribution < 1.29 is 50.1 Å². The van der Waals surface area contributed by atoms with E-state index in [0.29, 0.717) is 79.5 Å². The van der Waals surface area contributed by atoms with E-state index in [1.54, 1.807) is 68.8 Å². The standard InChI is InChI=1S/C24H34N4O4S2.C23H32N4O4S2.C7H16O3/c1-16(2)32-24(29)27-18-8-6-17(7-9-18)23-26-15-21(33-23)20-11-10-19(25-3)14-22(20)34(30,31)28-12-4-5-13-28;1-15(2)31-23(28)26-18-8-5-16(6-9-18)22-25-14-20(32-22)19-10-7-17(24)13-21(19)33(29,30)27-11-3-4-12-27;1-4-8-7(9-5-2)10-6-3/h10-11,14-18,25H,4-9,12-13H2,1-3H3,(H,27,29);7,10,13-16,18H,3-6,8-9,11-12,24H2,1-2H3,(H,26,28);7H,4-6H2,1-3H3. The van der Waals surface area contributed by atoms with Gasteiger partial charge in [0, 0.05) is 112 Å². The summed E-state index contributed by atoms with van der Waals surface area (Å²) in [6, 6.07) is 10.8. The fraction of sp³-hybridized carbons (Fsp3) is 0.630. The number of aromatic nitrogens is 2. The Bertz CT molecular complexity index is 2700. The van der Waals surface area contributed by atoms with Crippen LogP contribution < -0.4 is 21.7 Å². The highest BCUT2D eigenvalue weighted by atomic mass is 32.2. The SMILES string of the molecule is CC(C)OC(=O)NC1CCC(c2ncc(-c3ccc(N)cc3S(=O)(=O)N3CCCC3)s2)CC1.CCOC(OCC)OCC.CNc1ccc(-c2cnc(C3CCC(NC(=O)OC(C)C)CC3)s2)c(S(=O)(=O)N2CCCC2)c1. The third-order valence-corrected chi connectivity index (χ3v) is 19.9. The molecule has 8 rings (SSSR count). The van der Waals surface area contributed by atoms with Crippen LogP contribution in [0.4, 0.5) is 21.0 Å². The van der Waals surface area contributed by atoms with Crippen molar-refractivity contribution in [3.05, 3.63) is 58.8 Å². The molecule has 23 heteroatoms. The predicted molar refractivity (Wildman–Crippen MR) is 303 cm³/mol. The van der Waals surface area contributed by atoms with Gasteiger partial charge in [0.15, 0.2) is 0 Å². The van der Waals surface area contributed by atoms with E-state index in [4.69, 9.17) is 29.4 Å². The topological polar surface area (TPSA) is 243 Å². The monoisotopic (exact) mass is 1150 g/mol. The summed E-state index contributed by atoms with van der Waals surface area (Å²) in [6.07, 6.45) is 13.3. The van der Waals surface area contributed by atoms with Crippen molar-refractivity contribution in [1.82, 2.24) is 29.2 Å². The van der Waals surface area contributed by atoms with Crippen LogP contribution in [0.1, 0.15) is 147 Å². The van der Waals surface area contributed by atoms with Gasteiger partial charge in [-0.15, -0.1) is 22.7 Å². The van der Waals surface area contributed by atoms with E-state index in [0.717, 1.165) is 103 Å². The molecular formula is C54H82N8O11S4. The zero-order valence-electron chi connectivity index (χ0n) is 46.1. The van der Waals surface area contributed by atoms with E-state index >= 15 is 0 Å². The molecule has 2 aliphatic heterocycles. The minimum atomic E-state index is -3.60. The number of ether oxygens (including phenoxy) is 5. The minimum Gasteiger partial charge on any atom is -0.447 e. The summed E-state index contributed by atoms with van der Waals surface area (Å²) in [5.41, 5.74) is 8.54. The first-order chi connectivity index (χ1) is 36.9. The van der Waals surface area contributed by atoms with E-state index < -0.39 is 26.5 Å². The molecule has 428 valence electrons. The van der Waals surface area contributed by atoms with Gasteiger partial charge in [0.2, 0.25) is 20.0 Å². The van der Waals surface area contributed by atoms with Crippen molar-refractivity contribution in [2.24, 2.45) is 0 Å². The van der Waals surface area contributed by atoms with Gasteiger partial charge in [-0.25, -0.2) is 36.4 Å². The summed E-state index contributed by atoms with van der Waals surface area (Å²) in [4.78, 5) is 35.4. The fourth-order valence-electron chi connectivity index (χ4n) is 9.74. The van der Waals surface area contributed by atoms with E-state index in [2.05, 4.69) is 25.9 Å². The molecule has 2 aromatic carbocycles. The second-order valence-electron chi connectivity index (χ2n) is 20.0. The van der Waals surface area contributed by atoms with Crippen molar-refractivity contribution in [2.45, 2.75) is 178 Å². The second-order valence-corrected chi connectivity index (χ2v) is 26.0. The Balaban J connectivity index is 0.000000212. The van der Waals surface area contributed by atoms with Crippen LogP contribution in [0, 0.1) is 0 Å². The Kier molecular flexibility index (Phi) is 23.8. The summed E-state index contributed by atoms with van der Waals surface area (Å²) in [5, 5.41) is 11.0. The third kappa shape index (κ3) is 17.5. The Morgan fingerprint density at radius 1 is 0.623 bits per heavy atom. The molecule has 0 bridgehead atoms. The number of carbonyl (C=O) groups is 2. The first kappa shape index (κ1) is 61.7. The first-order valence-electron chi connectivity index (χ1n) is 27.3. The predicted octanol–water partition coefficient (Wildman–Crippen LogP) is 10.5. The van der Waals surface area contributed by atoms with Crippen LogP contribution >= 0.6 is 22.7 Å². The largest absolute Gasteiger partial charge is 0.447 e. The normalized spacial score (nSPS) is 20.3. The highest BCUT2D eigenvalue weighted by molar-refractivity contribution is 7.89. The molecule has 0 spiro atoms. The van der Waals surface area contributed by atoms with Gasteiger partial charge >= 0.3 is 12.2 Å². The van der Waals surface area contributed by atoms with Crippen LogP contribution in [0.15, 0.2) is 58.6 Å². The quantitative estimate of drug-likeness (QED) is 0.0504. The zero-order chi connectivity index (χ0) is 55.7. The molecular weight excluding hydrogens is 1060 g/mol. The number of alkyl carbamates (subject to hydrolysis) is 2. The number of hydrogen-bond donors (Lipinski definition) is 4. The van der Waals surface area contributed by atoms with E-state index in [9.17, 15) is 26.4 Å². The number of sulfonamides is 2. The Hall–Kier alpha value is -4.46. The molecule has 4 fully saturated rings. The smallest absolute Gasteiger partial charge is 0.407 e. The third-order valence-electron chi connectivity index (χ3n) is 13.6. The number of amides is 2. The maximum absolute atomic E-state index is 13.4. The van der Waals surface area contributed by atoms with Gasteiger partial charge in [0.1, 0.15) is 0 Å². The highest BCUT2D eigenvalue weighted by Crippen LogP contribution is 2.42. The average molecular weight is 1150 g/mol. The zero-order valence-corrected chi connectivity index (χ0v) is 49.4. The van der Waals surface area contributed by atoms with Gasteiger partial charge in [0.25, 0.3) is 6.48 Å². The number of nitrogens with one attached hydrogen (secondary N) is 3. The van der Waals surface area contributed by atoms with Gasteiger partial charge < -0.3 is 45.4 Å². The van der Waals surface area contributed by atoms with E-state index in [-0.39, 0.29) is 41.4 Å². The number of nitrogens with two attached hydrogens (primary N) is 1. The van der Waals surface area contributed by atoms with Gasteiger partial charge in [-0.1, -0.05) is 12.1 Å². The first-order valence-corrected chi connectivity index (χ1v) is 31.8. The van der Waals surface area contributed by atoms with Crippen LogP contribution in [-0.4, -0.2) is 131 Å². The van der Waals surface area contributed by atoms with Crippen LogP contribution in [0.25, 0.3) is 20.9 Å². The van der Waals surface area contributed by atoms with Crippen LogP contribution in [-0.2, 0) is 43.7 Å². The van der Waals surface area contributed by atoms with Crippen molar-refractivity contribution in [1.29, 1.82) is 0 Å². The van der Waals surface area contributed by atoms with Crippen molar-refractivity contribution in [3.63, 3.8) is 0 Å². The molecule has 77 heavy (non-hydrogen) atoms. The molecule has 4 aromatic rings. The lowest BCUT2D eigenvalue weighted by molar-refractivity contribution is -0.282. The maximum atomic E-state index is 13.4. The molecule has 2 aliphatic carbocycles. The fourth-order valence-corrected chi connectivity index (χ4v) is 15.6. The van der Waals surface area contributed by atoms with Gasteiger partial charge in [-0.2, -0.15) is 8.61 Å². The van der Waals surface area contributed by atoms with Crippen LogP contribution in [0.2, 0.25) is 0 Å². The molecule has 2 saturated heterocycles. The number of nitrogen functional groups attached to an aromatic ring is 1. The number of rotatable bonds is 19. The second kappa shape index (κ2) is 29.7. The molecule has 5 N–H and O–H groups in total. The Morgan fingerprint density at radius 3 is 1.39 bits per heavy atom. The summed E-state index contributed by atoms with van der Waals surface area (Å²) >= 11 is 3.12. The number of anilines is 2. The summed E-state index contributed by atoms with van der Waals surface area (Å²) < 4.78 is 82.2. The highest BCUT2D eigenvalue weighted by Gasteiger charge is 2.34. The molecule has 0 atom stereocenters. The van der Waals surface area contributed by atoms with Crippen molar-refractivity contribution in [2.75, 3.05) is 64.1 Å². The number of hydrogen-bond acceptors (Lipinski definition) is 17. The number of nitrogens with zero attached hydrogens (tertiary/aromatic N) is 4. The van der Waals surface area contributed by atoms with E-state index in [1.807, 2.05) is 66.8 Å². The average Bonchev–Trinajstić information content (AvgIpc) is 4.28. The molecule has 4 aliphatic rings. The number of thiazole rings is 2. The maximum Gasteiger partial charge on any atom is 0.407 e. The Labute approximate surface area is 464 Å². The summed E-state index contributed by atoms with van der Waals surface area (Å²) in [5.74, 6) is 0.614. The molecule has 19 nitrogen and oxygen atoms in total. The van der Waals surface area contributed by atoms with Crippen LogP contribution in [0.3, 0.4) is 0 Å². The van der Waals surface area contributed by atoms with Gasteiger partial charge in [-0.3, -0.25) is 0 Å². The lowest BCUT2D eigenvalue weighted by Gasteiger charge is -2.28. The lowest BCUT2D eigenvalue weighted by atomic mass is 9.86. The van der Waals surface area contributed by atoms with Crippen molar-refractivity contribution in [3.8, 4) is 20.9 Å². The molecule has 2 aromatic heterocycles. The lowest BCUT2D eigenvalue weighted by Crippen LogP contribution is -2.38. The molecule has 4 heterocycles. The summed E-state index contributed by atoms with van der Waals surface area (Å²) in [6.45, 7) is 16.7. The van der Waals surface area contributed by atoms with Gasteiger partial charge in [-0.05, 0) is 150 Å². The van der Waals surface area contributed by atoms with Crippen molar-refractivity contribution >= 4 is 66.3 Å².